The van der Waals surface area contributed by atoms with E-state index in [4.69, 9.17) is 23.2 Å². The fourth-order valence-electron chi connectivity index (χ4n) is 2.63. The van der Waals surface area contributed by atoms with Crippen molar-refractivity contribution in [2.24, 2.45) is 0 Å². The molecule has 1 unspecified atom stereocenters. The van der Waals surface area contributed by atoms with Crippen LogP contribution in [0.2, 0.25) is 10.0 Å². The first-order chi connectivity index (χ1) is 12.2. The van der Waals surface area contributed by atoms with E-state index in [1.165, 1.54) is 35.5 Å². The molecule has 0 aliphatic carbocycles. The van der Waals surface area contributed by atoms with Crippen LogP contribution in [0.15, 0.2) is 43.4 Å². The Hall–Kier alpha value is -2.10. The summed E-state index contributed by atoms with van der Waals surface area (Å²) in [4.78, 5) is 7.32. The predicted octanol–water partition coefficient (Wildman–Crippen LogP) is 3.39. The number of imidazole rings is 1. The third-order valence-electron chi connectivity index (χ3n) is 3.76. The summed E-state index contributed by atoms with van der Waals surface area (Å²) in [5, 5.41) is 15.6. The van der Waals surface area contributed by atoms with E-state index in [0.29, 0.717) is 11.2 Å². The molecule has 3 aromatic rings. The summed E-state index contributed by atoms with van der Waals surface area (Å²) in [6, 6.07) is 4.36. The Kier molecular flexibility index (Phi) is 4.96. The number of halogens is 5. The molecule has 138 valence electrons. The molecule has 6 nitrogen and oxygen atoms in total. The summed E-state index contributed by atoms with van der Waals surface area (Å²) in [5.41, 5.74) is -2.60. The van der Waals surface area contributed by atoms with Gasteiger partial charge < -0.3 is 9.67 Å². The van der Waals surface area contributed by atoms with Crippen molar-refractivity contribution in [1.29, 1.82) is 0 Å². The van der Waals surface area contributed by atoms with E-state index in [1.54, 1.807) is 0 Å². The molecule has 0 aliphatic heterocycles. The second-order valence-corrected chi connectivity index (χ2v) is 6.50. The monoisotopic (exact) mass is 405 g/mol. The van der Waals surface area contributed by atoms with E-state index >= 15 is 0 Å². The van der Waals surface area contributed by atoms with Gasteiger partial charge in [0, 0.05) is 15.6 Å². The average molecular weight is 406 g/mol. The highest BCUT2D eigenvalue weighted by Crippen LogP contribution is 2.35. The van der Waals surface area contributed by atoms with Gasteiger partial charge in [0.2, 0.25) is 0 Å². The third-order valence-corrected chi connectivity index (χ3v) is 4.31. The van der Waals surface area contributed by atoms with Gasteiger partial charge in [-0.2, -0.15) is 18.3 Å². The molecule has 0 aliphatic rings. The second-order valence-electron chi connectivity index (χ2n) is 5.65. The van der Waals surface area contributed by atoms with Crippen molar-refractivity contribution in [2.75, 3.05) is 0 Å². The smallest absolute Gasteiger partial charge is 0.381 e. The average Bonchev–Trinajstić information content (AvgIpc) is 3.17. The number of aliphatic hydroxyl groups is 1. The van der Waals surface area contributed by atoms with E-state index < -0.39 is 24.0 Å². The fraction of sp³-hybridized carbons (Fsp3) is 0.267. The van der Waals surface area contributed by atoms with Crippen molar-refractivity contribution in [3.05, 3.63) is 64.7 Å². The van der Waals surface area contributed by atoms with Crippen molar-refractivity contribution in [2.45, 2.75) is 24.9 Å². The highest BCUT2D eigenvalue weighted by Gasteiger charge is 2.39. The Balaban J connectivity index is 2.05. The van der Waals surface area contributed by atoms with Crippen LogP contribution >= 0.6 is 23.2 Å². The molecule has 1 atom stereocenters. The largest absolute Gasteiger partial charge is 0.432 e. The minimum Gasteiger partial charge on any atom is -0.381 e. The number of nitrogens with zero attached hydrogens (tertiary/aromatic N) is 5. The Labute approximate surface area is 155 Å². The molecule has 2 heterocycles. The lowest BCUT2D eigenvalue weighted by molar-refractivity contribution is -0.145. The molecular formula is C15H12Cl2F3N5O. The number of alkyl halides is 3. The third kappa shape index (κ3) is 3.84. The molecule has 1 N–H and O–H groups in total. The van der Waals surface area contributed by atoms with Crippen molar-refractivity contribution in [3.8, 4) is 0 Å². The van der Waals surface area contributed by atoms with E-state index in [0.717, 1.165) is 10.9 Å². The van der Waals surface area contributed by atoms with Crippen molar-refractivity contribution in [3.63, 3.8) is 0 Å². The molecule has 0 spiro atoms. The van der Waals surface area contributed by atoms with Gasteiger partial charge in [-0.1, -0.05) is 29.3 Å². The minimum absolute atomic E-state index is 0.119. The number of hydrogen-bond acceptors (Lipinski definition) is 4. The Morgan fingerprint density at radius 2 is 1.85 bits per heavy atom. The van der Waals surface area contributed by atoms with Crippen LogP contribution < -0.4 is 0 Å². The molecule has 3 rings (SSSR count). The zero-order valence-corrected chi connectivity index (χ0v) is 14.5. The second kappa shape index (κ2) is 6.90. The van der Waals surface area contributed by atoms with Gasteiger partial charge in [-0.3, -0.25) is 0 Å². The lowest BCUT2D eigenvalue weighted by Crippen LogP contribution is -2.37. The highest BCUT2D eigenvalue weighted by molar-refractivity contribution is 6.35. The first kappa shape index (κ1) is 18.7. The Morgan fingerprint density at radius 1 is 1.08 bits per heavy atom. The summed E-state index contributed by atoms with van der Waals surface area (Å²) in [6.07, 6.45) is -0.331. The van der Waals surface area contributed by atoms with Crippen LogP contribution in [0.3, 0.4) is 0 Å². The summed E-state index contributed by atoms with van der Waals surface area (Å²) in [5.74, 6) is 0. The summed E-state index contributed by atoms with van der Waals surface area (Å²) >= 11 is 12.1. The van der Waals surface area contributed by atoms with Gasteiger partial charge in [0.1, 0.15) is 23.9 Å². The maximum Gasteiger partial charge on any atom is 0.432 e. The molecule has 11 heteroatoms. The molecule has 26 heavy (non-hydrogen) atoms. The van der Waals surface area contributed by atoms with Gasteiger partial charge in [0.05, 0.1) is 25.6 Å². The lowest BCUT2D eigenvalue weighted by atomic mass is 9.93. The van der Waals surface area contributed by atoms with Gasteiger partial charge in [0.25, 0.3) is 0 Å². The zero-order chi connectivity index (χ0) is 18.9. The topological polar surface area (TPSA) is 68.8 Å². The molecule has 0 saturated carbocycles. The number of rotatable bonds is 5. The van der Waals surface area contributed by atoms with Gasteiger partial charge in [-0.15, -0.1) is 0 Å². The molecule has 0 saturated heterocycles. The first-order valence-electron chi connectivity index (χ1n) is 7.27. The van der Waals surface area contributed by atoms with Gasteiger partial charge >= 0.3 is 6.18 Å². The summed E-state index contributed by atoms with van der Waals surface area (Å²) in [6.45, 7) is -0.632. The number of benzene rings is 1. The van der Waals surface area contributed by atoms with Crippen LogP contribution in [0.5, 0.6) is 0 Å². The minimum atomic E-state index is -4.62. The van der Waals surface area contributed by atoms with Crippen LogP contribution in [-0.2, 0) is 24.9 Å². The van der Waals surface area contributed by atoms with Gasteiger partial charge in [-0.05, 0) is 12.1 Å². The van der Waals surface area contributed by atoms with Crippen LogP contribution in [0.25, 0.3) is 0 Å². The first-order valence-corrected chi connectivity index (χ1v) is 8.02. The summed E-state index contributed by atoms with van der Waals surface area (Å²) < 4.78 is 41.6. The Bertz CT molecular complexity index is 897. The maximum absolute atomic E-state index is 13.2. The standard InChI is InChI=1S/C15H12Cl2F3N5O/c16-10-1-2-11(12(17)3-10)14(26,6-25-9-22-7-23-25)5-24-8-21-4-13(24)15(18,19)20/h1-4,7-9,26H,5-6H2. The number of aromatic nitrogens is 5. The van der Waals surface area contributed by atoms with Crippen LogP contribution in [-0.4, -0.2) is 29.4 Å². The lowest BCUT2D eigenvalue weighted by Gasteiger charge is -2.30. The molecule has 0 amide bonds. The molecule has 1 aromatic carbocycles. The van der Waals surface area contributed by atoms with E-state index in [9.17, 15) is 18.3 Å². The maximum atomic E-state index is 13.2. The quantitative estimate of drug-likeness (QED) is 0.706. The number of hydrogen-bond donors (Lipinski definition) is 1. The van der Waals surface area contributed by atoms with Crippen molar-refractivity contribution in [1.82, 2.24) is 24.3 Å². The van der Waals surface area contributed by atoms with Gasteiger partial charge in [0.15, 0.2) is 0 Å². The normalized spacial score (nSPS) is 14.4. The molecular weight excluding hydrogens is 394 g/mol. The van der Waals surface area contributed by atoms with E-state index in [-0.39, 0.29) is 17.1 Å². The van der Waals surface area contributed by atoms with E-state index in [1.807, 2.05) is 0 Å². The van der Waals surface area contributed by atoms with Crippen LogP contribution in [0.4, 0.5) is 13.2 Å². The van der Waals surface area contributed by atoms with Gasteiger partial charge in [-0.25, -0.2) is 14.6 Å². The Morgan fingerprint density at radius 3 is 2.46 bits per heavy atom. The molecule has 0 bridgehead atoms. The zero-order valence-electron chi connectivity index (χ0n) is 13.0. The molecule has 2 aromatic heterocycles. The van der Waals surface area contributed by atoms with Crippen molar-refractivity contribution >= 4 is 23.2 Å². The van der Waals surface area contributed by atoms with Crippen LogP contribution in [0.1, 0.15) is 11.3 Å². The molecule has 0 radical (unpaired) electrons. The summed E-state index contributed by atoms with van der Waals surface area (Å²) in [7, 11) is 0. The fourth-order valence-corrected chi connectivity index (χ4v) is 3.22. The highest BCUT2D eigenvalue weighted by atomic mass is 35.5. The predicted molar refractivity (Wildman–Crippen MR) is 87.6 cm³/mol. The van der Waals surface area contributed by atoms with E-state index in [2.05, 4.69) is 15.1 Å². The van der Waals surface area contributed by atoms with Crippen LogP contribution in [0, 0.1) is 0 Å². The molecule has 0 fully saturated rings. The SMILES string of the molecule is OC(Cn1cncn1)(Cn1cncc1C(F)(F)F)c1ccc(Cl)cc1Cl. The van der Waals surface area contributed by atoms with Crippen molar-refractivity contribution < 1.29 is 18.3 Å².